The number of amides is 2. The Kier molecular flexibility index (Phi) is 11.2. The number of aromatic amines is 1. The minimum Gasteiger partial charge on any atom is -0.381 e. The van der Waals surface area contributed by atoms with Crippen molar-refractivity contribution in [1.29, 1.82) is 0 Å². The van der Waals surface area contributed by atoms with Crippen LogP contribution in [0.1, 0.15) is 116 Å². The summed E-state index contributed by atoms with van der Waals surface area (Å²) in [7, 11) is -2.85. The molecule has 16 nitrogen and oxygen atoms in total. The monoisotopic (exact) mass is 969 g/mol. The van der Waals surface area contributed by atoms with Crippen molar-refractivity contribution in [2.45, 2.75) is 97.6 Å². The van der Waals surface area contributed by atoms with E-state index in [1.807, 2.05) is 36.3 Å². The van der Waals surface area contributed by atoms with Gasteiger partial charge in [-0.25, -0.2) is 18.7 Å². The third-order valence-electron chi connectivity index (χ3n) is 15.6. The van der Waals surface area contributed by atoms with E-state index in [2.05, 4.69) is 40.6 Å². The third kappa shape index (κ3) is 7.37. The van der Waals surface area contributed by atoms with Crippen LogP contribution >= 0.6 is 7.14 Å². The fraction of sp³-hybridized carbons (Fsp3) is 0.423. The molecule has 1 saturated heterocycles. The van der Waals surface area contributed by atoms with Crippen molar-refractivity contribution < 1.29 is 27.8 Å². The number of nitrogens with one attached hydrogen (secondary N) is 2. The first-order valence-electron chi connectivity index (χ1n) is 24.5. The largest absolute Gasteiger partial charge is 0.438 e. The van der Waals surface area contributed by atoms with E-state index in [1.165, 1.54) is 14.7 Å². The minimum atomic E-state index is -2.85. The van der Waals surface area contributed by atoms with Gasteiger partial charge < -0.3 is 24.1 Å². The summed E-state index contributed by atoms with van der Waals surface area (Å²) < 4.78 is 46.8. The second kappa shape index (κ2) is 17.1. The Morgan fingerprint density at radius 1 is 0.929 bits per heavy atom. The van der Waals surface area contributed by atoms with E-state index < -0.39 is 30.2 Å². The summed E-state index contributed by atoms with van der Waals surface area (Å²) in [6, 6.07) is 16.3. The van der Waals surface area contributed by atoms with Crippen LogP contribution in [0, 0.1) is 31.5 Å². The van der Waals surface area contributed by atoms with Crippen LogP contribution in [0.5, 0.6) is 0 Å². The molecule has 2 N–H and O–H groups in total. The van der Waals surface area contributed by atoms with E-state index in [0.29, 0.717) is 113 Å². The average molecular weight is 970 g/mol. The van der Waals surface area contributed by atoms with Crippen LogP contribution < -0.4 is 22.1 Å². The summed E-state index contributed by atoms with van der Waals surface area (Å²) >= 11 is 0. The van der Waals surface area contributed by atoms with Gasteiger partial charge in [-0.1, -0.05) is 32.0 Å². The molecule has 70 heavy (non-hydrogen) atoms. The molecule has 364 valence electrons. The first-order chi connectivity index (χ1) is 33.6. The summed E-state index contributed by atoms with van der Waals surface area (Å²) in [5.41, 5.74) is 4.71. The van der Waals surface area contributed by atoms with Crippen molar-refractivity contribution in [2.24, 2.45) is 11.8 Å². The van der Waals surface area contributed by atoms with Crippen LogP contribution in [-0.2, 0) is 26.1 Å². The summed E-state index contributed by atoms with van der Waals surface area (Å²) in [5.74, 6) is -0.427. The SMILES string of the molecule is CCP(=O)(CC)c1ccc(-n2ccn(-c3c4c(nn3-c3cc(C)c(F)c(C)c3)CCN(C(=O)c3cc5cc(C6CCOCC6)ccc5n3[C@@]3(c5noc(=O)[nH]5)C[C@@H]3C)[C@H]4C)c2=O)cc1NC(=O)C1CC1. The number of rotatable bonds is 12. The molecule has 11 rings (SSSR count). The summed E-state index contributed by atoms with van der Waals surface area (Å²) in [6.45, 7) is 12.8. The Labute approximate surface area is 403 Å². The van der Waals surface area contributed by atoms with Crippen LogP contribution in [0.4, 0.5) is 10.1 Å². The molecule has 2 aliphatic heterocycles. The number of imidazole rings is 1. The number of ether oxygens (including phenoxy) is 1. The topological polar surface area (TPSA) is 184 Å². The van der Waals surface area contributed by atoms with Gasteiger partial charge in [-0.05, 0) is 130 Å². The van der Waals surface area contributed by atoms with Gasteiger partial charge in [0.05, 0.1) is 28.8 Å². The smallest absolute Gasteiger partial charge is 0.381 e. The molecule has 2 aliphatic carbocycles. The first-order valence-corrected chi connectivity index (χ1v) is 26.6. The molecule has 2 saturated carbocycles. The second-order valence-corrected chi connectivity index (χ2v) is 23.3. The van der Waals surface area contributed by atoms with Crippen molar-refractivity contribution in [1.82, 2.24) is 38.5 Å². The van der Waals surface area contributed by atoms with Gasteiger partial charge in [-0.3, -0.25) is 28.2 Å². The maximum absolute atomic E-state index is 15.6. The highest BCUT2D eigenvalue weighted by molar-refractivity contribution is 7.71. The molecule has 2 amide bonds. The Hall–Kier alpha value is -6.58. The number of carbonyl (C=O) groups excluding carboxylic acids is 2. The molecule has 4 aliphatic rings. The number of benzene rings is 3. The number of hydrogen-bond acceptors (Lipinski definition) is 9. The van der Waals surface area contributed by atoms with Crippen molar-refractivity contribution in [3.8, 4) is 17.2 Å². The molecular weight excluding hydrogens is 913 g/mol. The lowest BCUT2D eigenvalue weighted by Crippen LogP contribution is -2.41. The Morgan fingerprint density at radius 3 is 2.30 bits per heavy atom. The first kappa shape index (κ1) is 45.8. The van der Waals surface area contributed by atoms with Crippen LogP contribution in [0.15, 0.2) is 81.1 Å². The fourth-order valence-corrected chi connectivity index (χ4v) is 13.3. The number of aromatic nitrogens is 7. The molecule has 0 unspecified atom stereocenters. The van der Waals surface area contributed by atoms with Crippen LogP contribution in [0.25, 0.3) is 28.1 Å². The van der Waals surface area contributed by atoms with Crippen molar-refractivity contribution in [3.63, 3.8) is 0 Å². The lowest BCUT2D eigenvalue weighted by atomic mass is 9.91. The molecule has 3 atom stereocenters. The summed E-state index contributed by atoms with van der Waals surface area (Å²) in [4.78, 5) is 60.9. The van der Waals surface area contributed by atoms with Crippen LogP contribution in [-0.4, -0.2) is 82.4 Å². The molecule has 18 heteroatoms. The number of carbonyl (C=O) groups is 2. The molecule has 3 aromatic carbocycles. The van der Waals surface area contributed by atoms with Crippen molar-refractivity contribution >= 4 is 40.9 Å². The maximum atomic E-state index is 15.6. The molecule has 0 spiro atoms. The van der Waals surface area contributed by atoms with Gasteiger partial charge in [0.15, 0.2) is 5.82 Å². The molecular formula is C52H57FN9O7P. The normalized spacial score (nSPS) is 20.5. The Morgan fingerprint density at radius 2 is 1.64 bits per heavy atom. The maximum Gasteiger partial charge on any atom is 0.438 e. The van der Waals surface area contributed by atoms with E-state index in [0.717, 1.165) is 36.6 Å². The number of anilines is 1. The number of hydrogen-bond donors (Lipinski definition) is 2. The number of aryl methyl sites for hydroxylation is 2. The third-order valence-corrected chi connectivity index (χ3v) is 18.9. The van der Waals surface area contributed by atoms with E-state index >= 15 is 14.0 Å². The molecule has 4 aromatic heterocycles. The fourth-order valence-electron chi connectivity index (χ4n) is 11.2. The Bertz CT molecular complexity index is 3410. The number of H-pyrrole nitrogens is 1. The predicted octanol–water partition coefficient (Wildman–Crippen LogP) is 8.01. The molecule has 7 aromatic rings. The highest BCUT2D eigenvalue weighted by Crippen LogP contribution is 2.56. The lowest BCUT2D eigenvalue weighted by Gasteiger charge is -2.34. The minimum absolute atomic E-state index is 0.00358. The van der Waals surface area contributed by atoms with Gasteiger partial charge in [0, 0.05) is 78.6 Å². The zero-order chi connectivity index (χ0) is 49.0. The second-order valence-electron chi connectivity index (χ2n) is 19.8. The van der Waals surface area contributed by atoms with E-state index in [9.17, 15) is 14.2 Å². The van der Waals surface area contributed by atoms with Gasteiger partial charge in [0.25, 0.3) is 5.91 Å². The van der Waals surface area contributed by atoms with Gasteiger partial charge in [-0.2, -0.15) is 5.10 Å². The quantitative estimate of drug-likeness (QED) is 0.115. The zero-order valence-electron chi connectivity index (χ0n) is 40.3. The molecule has 3 fully saturated rings. The van der Waals surface area contributed by atoms with Gasteiger partial charge in [0.2, 0.25) is 5.91 Å². The number of nitrogens with zero attached hydrogens (tertiary/aromatic N) is 7. The number of fused-ring (bicyclic) bond motifs is 2. The van der Waals surface area contributed by atoms with Crippen LogP contribution in [0.3, 0.4) is 0 Å². The Balaban J connectivity index is 1.04. The van der Waals surface area contributed by atoms with Crippen LogP contribution in [0.2, 0.25) is 0 Å². The summed E-state index contributed by atoms with van der Waals surface area (Å²) in [6.07, 6.45) is 8.49. The van der Waals surface area contributed by atoms with E-state index in [4.69, 9.17) is 14.4 Å². The summed E-state index contributed by atoms with van der Waals surface area (Å²) in [5, 5.41) is 13.8. The zero-order valence-corrected chi connectivity index (χ0v) is 41.1. The van der Waals surface area contributed by atoms with Gasteiger partial charge in [0.1, 0.15) is 30.0 Å². The lowest BCUT2D eigenvalue weighted by molar-refractivity contribution is -0.117. The highest BCUT2D eigenvalue weighted by Gasteiger charge is 2.59. The van der Waals surface area contributed by atoms with E-state index in [-0.39, 0.29) is 29.5 Å². The standard InChI is InChI=1S/C52H57FN9O7P/c1-7-70(67,8-2)43-14-12-37(27-40(43)54-46(63)34-9-10-34)59-19-20-60(51(59)66)47-44-32(6)58(18-15-39(44)56-62(47)38-23-29(3)45(53)30(4)24-38)48(64)42-26-36-25-35(33-16-21-68-22-17-33)11-13-41(36)61(42)52(28-31(52)5)49-55-50(65)69-57-49/h11-14,19-20,23-27,31-34H,7-10,15-18,21-22,28H2,1-6H3,(H,54,63)(H,55,57,65)/t31-,32-,52-/m0/s1. The molecule has 0 bridgehead atoms. The van der Waals surface area contributed by atoms with Crippen molar-refractivity contribution in [3.05, 3.63) is 133 Å². The van der Waals surface area contributed by atoms with Gasteiger partial charge in [-0.15, -0.1) is 0 Å². The highest BCUT2D eigenvalue weighted by atomic mass is 31.2. The average Bonchev–Trinajstić information content (AvgIpc) is 4.09. The molecule has 6 heterocycles. The van der Waals surface area contributed by atoms with Crippen molar-refractivity contribution in [2.75, 3.05) is 37.4 Å². The van der Waals surface area contributed by atoms with E-state index in [1.54, 1.807) is 61.3 Å². The predicted molar refractivity (Wildman–Crippen MR) is 263 cm³/mol. The molecule has 0 radical (unpaired) electrons. The number of halogens is 1. The van der Waals surface area contributed by atoms with Gasteiger partial charge >= 0.3 is 11.4 Å².